The van der Waals surface area contributed by atoms with E-state index in [-0.39, 0.29) is 11.0 Å². The molecule has 0 fully saturated rings. The van der Waals surface area contributed by atoms with Gasteiger partial charge in [-0.1, -0.05) is 0 Å². The minimum absolute atomic E-state index is 0.209. The van der Waals surface area contributed by atoms with Crippen molar-refractivity contribution in [2.45, 2.75) is 6.92 Å². The number of carbonyl (C=O) groups excluding carboxylic acids is 1. The number of benzene rings is 1. The Labute approximate surface area is 142 Å². The van der Waals surface area contributed by atoms with Crippen molar-refractivity contribution in [1.82, 2.24) is 15.1 Å². The first-order valence-corrected chi connectivity index (χ1v) is 7.58. The molecule has 2 rings (SSSR count). The second-order valence-electron chi connectivity index (χ2n) is 4.51. The Balaban J connectivity index is 2.03. The van der Waals surface area contributed by atoms with Gasteiger partial charge in [-0.25, -0.2) is 0 Å². The molecular weight excluding hydrogens is 368 g/mol. The second kappa shape index (κ2) is 6.89. The molecule has 1 heterocycles. The number of rotatable bonds is 3. The molecule has 0 saturated heterocycles. The predicted molar refractivity (Wildman–Crippen MR) is 92.3 cm³/mol. The van der Waals surface area contributed by atoms with Gasteiger partial charge in [0.2, 0.25) is 0 Å². The van der Waals surface area contributed by atoms with Gasteiger partial charge in [-0.2, -0.15) is 5.10 Å². The molecule has 8 heteroatoms. The lowest BCUT2D eigenvalue weighted by molar-refractivity contribution is 0.0968. The molecule has 0 unspecified atom stereocenters. The molecule has 0 bridgehead atoms. The SMILES string of the molecule is COc1ccc(NC(=S)NC(=O)c2c(Br)c(C)nn2C)cc1. The Morgan fingerprint density at radius 3 is 2.50 bits per heavy atom. The number of aromatic nitrogens is 2. The Bertz CT molecular complexity index is 712. The fraction of sp³-hybridized carbons (Fsp3) is 0.214. The summed E-state index contributed by atoms with van der Waals surface area (Å²) in [4.78, 5) is 12.3. The van der Waals surface area contributed by atoms with Gasteiger partial charge in [0.1, 0.15) is 11.4 Å². The van der Waals surface area contributed by atoms with Crippen molar-refractivity contribution in [2.75, 3.05) is 12.4 Å². The summed E-state index contributed by atoms with van der Waals surface area (Å²) in [5.74, 6) is 0.413. The first kappa shape index (κ1) is 16.4. The molecule has 0 aliphatic carbocycles. The summed E-state index contributed by atoms with van der Waals surface area (Å²) < 4.78 is 7.24. The normalized spacial score (nSPS) is 10.2. The Kier molecular flexibility index (Phi) is 5.15. The summed E-state index contributed by atoms with van der Waals surface area (Å²) in [5, 5.41) is 9.95. The summed E-state index contributed by atoms with van der Waals surface area (Å²) >= 11 is 8.50. The van der Waals surface area contributed by atoms with Crippen molar-refractivity contribution in [3.05, 3.63) is 40.1 Å². The molecule has 0 aliphatic rings. The third kappa shape index (κ3) is 3.63. The van der Waals surface area contributed by atoms with Gasteiger partial charge >= 0.3 is 0 Å². The monoisotopic (exact) mass is 382 g/mol. The van der Waals surface area contributed by atoms with E-state index in [1.54, 1.807) is 38.4 Å². The Hall–Kier alpha value is -1.93. The predicted octanol–water partition coefficient (Wildman–Crippen LogP) is 2.63. The van der Waals surface area contributed by atoms with E-state index in [1.807, 2.05) is 6.92 Å². The lowest BCUT2D eigenvalue weighted by Gasteiger charge is -2.10. The van der Waals surface area contributed by atoms with Crippen molar-refractivity contribution in [2.24, 2.45) is 7.05 Å². The molecule has 1 amide bonds. The van der Waals surface area contributed by atoms with Crippen LogP contribution in [0.15, 0.2) is 28.7 Å². The maximum Gasteiger partial charge on any atom is 0.276 e. The van der Waals surface area contributed by atoms with Crippen LogP contribution in [0, 0.1) is 6.92 Å². The quantitative estimate of drug-likeness (QED) is 0.798. The first-order chi connectivity index (χ1) is 10.4. The lowest BCUT2D eigenvalue weighted by atomic mass is 10.3. The number of methoxy groups -OCH3 is 1. The summed E-state index contributed by atoms with van der Waals surface area (Å²) in [6, 6.07) is 7.21. The highest BCUT2D eigenvalue weighted by molar-refractivity contribution is 9.10. The van der Waals surface area contributed by atoms with Crippen LogP contribution in [0.5, 0.6) is 5.75 Å². The third-order valence-corrected chi connectivity index (χ3v) is 4.09. The van der Waals surface area contributed by atoms with Gasteiger partial charge in [0.05, 0.1) is 17.3 Å². The van der Waals surface area contributed by atoms with Crippen LogP contribution in [-0.4, -0.2) is 27.9 Å². The second-order valence-corrected chi connectivity index (χ2v) is 5.71. The van der Waals surface area contributed by atoms with Crippen molar-refractivity contribution < 1.29 is 9.53 Å². The average molecular weight is 383 g/mol. The van der Waals surface area contributed by atoms with Crippen LogP contribution in [-0.2, 0) is 7.05 Å². The fourth-order valence-corrected chi connectivity index (χ4v) is 2.60. The van der Waals surface area contributed by atoms with Gasteiger partial charge < -0.3 is 10.1 Å². The summed E-state index contributed by atoms with van der Waals surface area (Å²) in [5.41, 5.74) is 1.91. The number of nitrogens with zero attached hydrogens (tertiary/aromatic N) is 2. The highest BCUT2D eigenvalue weighted by atomic mass is 79.9. The van der Waals surface area contributed by atoms with E-state index in [0.717, 1.165) is 17.1 Å². The van der Waals surface area contributed by atoms with Gasteiger partial charge in [0.15, 0.2) is 5.11 Å². The number of thiocarbonyl (C=S) groups is 1. The number of nitrogens with one attached hydrogen (secondary N) is 2. The van der Waals surface area contributed by atoms with Crippen LogP contribution >= 0.6 is 28.1 Å². The maximum absolute atomic E-state index is 12.3. The third-order valence-electron chi connectivity index (χ3n) is 2.94. The molecule has 1 aromatic carbocycles. The molecule has 2 N–H and O–H groups in total. The van der Waals surface area contributed by atoms with Crippen LogP contribution < -0.4 is 15.4 Å². The molecule has 1 aromatic heterocycles. The molecule has 116 valence electrons. The van der Waals surface area contributed by atoms with Crippen molar-refractivity contribution >= 4 is 44.9 Å². The number of halogens is 1. The first-order valence-electron chi connectivity index (χ1n) is 6.38. The molecule has 6 nitrogen and oxygen atoms in total. The molecule has 0 radical (unpaired) electrons. The summed E-state index contributed by atoms with van der Waals surface area (Å²) in [6.07, 6.45) is 0. The molecule has 0 atom stereocenters. The Morgan fingerprint density at radius 1 is 1.36 bits per heavy atom. The zero-order valence-electron chi connectivity index (χ0n) is 12.3. The fourth-order valence-electron chi connectivity index (χ4n) is 1.88. The molecular formula is C14H15BrN4O2S. The van der Waals surface area contributed by atoms with E-state index in [4.69, 9.17) is 17.0 Å². The van der Waals surface area contributed by atoms with E-state index in [0.29, 0.717) is 10.2 Å². The van der Waals surface area contributed by atoms with E-state index in [9.17, 15) is 4.79 Å². The lowest BCUT2D eigenvalue weighted by Crippen LogP contribution is -2.35. The van der Waals surface area contributed by atoms with Gasteiger partial charge in [0, 0.05) is 12.7 Å². The molecule has 0 spiro atoms. The molecule has 22 heavy (non-hydrogen) atoms. The Morgan fingerprint density at radius 2 is 2.00 bits per heavy atom. The highest BCUT2D eigenvalue weighted by Gasteiger charge is 2.19. The van der Waals surface area contributed by atoms with E-state index in [1.165, 1.54) is 4.68 Å². The number of carbonyl (C=O) groups is 1. The van der Waals surface area contributed by atoms with Gasteiger partial charge in [-0.3, -0.25) is 14.8 Å². The van der Waals surface area contributed by atoms with Crippen LogP contribution in [0.3, 0.4) is 0 Å². The zero-order valence-corrected chi connectivity index (χ0v) is 14.7. The minimum atomic E-state index is -0.332. The van der Waals surface area contributed by atoms with E-state index in [2.05, 4.69) is 31.7 Å². The molecule has 2 aromatic rings. The number of aryl methyl sites for hydroxylation is 2. The number of hydrogen-bond donors (Lipinski definition) is 2. The standard InChI is InChI=1S/C14H15BrN4O2S/c1-8-11(15)12(19(2)18-8)13(20)17-14(22)16-9-4-6-10(21-3)7-5-9/h4-7H,1-3H3,(H2,16,17,20,22). The van der Waals surface area contributed by atoms with Crippen LogP contribution in [0.25, 0.3) is 0 Å². The van der Waals surface area contributed by atoms with Gasteiger partial charge in [-0.15, -0.1) is 0 Å². The largest absolute Gasteiger partial charge is 0.497 e. The van der Waals surface area contributed by atoms with Crippen molar-refractivity contribution in [3.63, 3.8) is 0 Å². The van der Waals surface area contributed by atoms with Gasteiger partial charge in [-0.05, 0) is 59.3 Å². The van der Waals surface area contributed by atoms with Crippen molar-refractivity contribution in [1.29, 1.82) is 0 Å². The maximum atomic E-state index is 12.3. The van der Waals surface area contributed by atoms with E-state index >= 15 is 0 Å². The van der Waals surface area contributed by atoms with Crippen LogP contribution in [0.1, 0.15) is 16.2 Å². The van der Waals surface area contributed by atoms with Crippen LogP contribution in [0.4, 0.5) is 5.69 Å². The van der Waals surface area contributed by atoms with Crippen molar-refractivity contribution in [3.8, 4) is 5.75 Å². The summed E-state index contributed by atoms with van der Waals surface area (Å²) in [7, 11) is 3.30. The number of amides is 1. The smallest absolute Gasteiger partial charge is 0.276 e. The van der Waals surface area contributed by atoms with Gasteiger partial charge in [0.25, 0.3) is 5.91 Å². The minimum Gasteiger partial charge on any atom is -0.497 e. The van der Waals surface area contributed by atoms with Crippen LogP contribution in [0.2, 0.25) is 0 Å². The zero-order chi connectivity index (χ0) is 16.3. The molecule has 0 aliphatic heterocycles. The highest BCUT2D eigenvalue weighted by Crippen LogP contribution is 2.20. The van der Waals surface area contributed by atoms with E-state index < -0.39 is 0 Å². The number of anilines is 1. The number of ether oxygens (including phenoxy) is 1. The number of hydrogen-bond acceptors (Lipinski definition) is 4. The topological polar surface area (TPSA) is 68.2 Å². The molecule has 0 saturated carbocycles. The average Bonchev–Trinajstić information content (AvgIpc) is 2.72. The summed E-state index contributed by atoms with van der Waals surface area (Å²) in [6.45, 7) is 1.81.